The normalized spacial score (nSPS) is 15.3. The van der Waals surface area contributed by atoms with Crippen LogP contribution in [-0.2, 0) is 0 Å². The molecule has 2 unspecified atom stereocenters. The molecule has 2 atom stereocenters. The maximum atomic E-state index is 9.13. The van der Waals surface area contributed by atoms with Gasteiger partial charge in [-0.1, -0.05) is 6.92 Å². The molecule has 1 N–H and O–H groups in total. The van der Waals surface area contributed by atoms with Crippen LogP contribution in [0.5, 0.6) is 0 Å². The summed E-state index contributed by atoms with van der Waals surface area (Å²) in [7, 11) is 4.16. The molecule has 0 aromatic carbocycles. The molecule has 0 aliphatic heterocycles. The highest BCUT2D eigenvalue weighted by Gasteiger charge is 2.18. The van der Waals surface area contributed by atoms with Gasteiger partial charge in [0.25, 0.3) is 0 Å². The molecular weight excluding hydrogens is 212 g/mol. The smallest absolute Gasteiger partial charge is 0.108 e. The van der Waals surface area contributed by atoms with E-state index in [9.17, 15) is 0 Å². The van der Waals surface area contributed by atoms with Gasteiger partial charge in [0.15, 0.2) is 0 Å². The van der Waals surface area contributed by atoms with Crippen LogP contribution in [-0.4, -0.2) is 61.7 Å². The number of rotatable bonds is 8. The summed E-state index contributed by atoms with van der Waals surface area (Å²) in [6, 6.07) is 3.08. The van der Waals surface area contributed by atoms with Crippen molar-refractivity contribution in [3.63, 3.8) is 0 Å². The molecule has 4 heteroatoms. The summed E-state index contributed by atoms with van der Waals surface area (Å²) in [5, 5.41) is 12.4. The molecule has 0 aromatic rings. The van der Waals surface area contributed by atoms with Crippen molar-refractivity contribution >= 4 is 0 Å². The molecule has 0 aliphatic carbocycles. The maximum Gasteiger partial charge on any atom is 0.108 e. The molecule has 0 fully saturated rings. The number of nitriles is 1. The highest BCUT2D eigenvalue weighted by atomic mass is 15.2. The number of likely N-dealkylation sites (N-methyl/N-ethyl adjacent to an activating group) is 2. The highest BCUT2D eigenvalue weighted by molar-refractivity contribution is 4.93. The van der Waals surface area contributed by atoms with Crippen LogP contribution in [0.2, 0.25) is 0 Å². The van der Waals surface area contributed by atoms with Gasteiger partial charge in [-0.3, -0.25) is 10.2 Å². The first-order valence-electron chi connectivity index (χ1n) is 6.45. The van der Waals surface area contributed by atoms with Gasteiger partial charge in [-0.25, -0.2) is 0 Å². The van der Waals surface area contributed by atoms with Gasteiger partial charge >= 0.3 is 0 Å². The molecule has 0 radical (unpaired) electrons. The van der Waals surface area contributed by atoms with E-state index >= 15 is 0 Å². The maximum absolute atomic E-state index is 9.13. The molecule has 0 spiro atoms. The first kappa shape index (κ1) is 16.4. The Kier molecular flexibility index (Phi) is 8.15. The van der Waals surface area contributed by atoms with Gasteiger partial charge in [0.05, 0.1) is 6.07 Å². The summed E-state index contributed by atoms with van der Waals surface area (Å²) in [4.78, 5) is 4.54. The van der Waals surface area contributed by atoms with Crippen molar-refractivity contribution in [3.8, 4) is 6.07 Å². The minimum atomic E-state index is -0.0837. The summed E-state index contributed by atoms with van der Waals surface area (Å²) in [5.74, 6) is 0. The van der Waals surface area contributed by atoms with E-state index in [-0.39, 0.29) is 6.04 Å². The fourth-order valence-electron chi connectivity index (χ4n) is 2.03. The van der Waals surface area contributed by atoms with E-state index in [1.54, 1.807) is 0 Å². The Bertz CT molecular complexity index is 232. The van der Waals surface area contributed by atoms with E-state index < -0.39 is 0 Å². The lowest BCUT2D eigenvalue weighted by Gasteiger charge is -2.32. The van der Waals surface area contributed by atoms with Crippen LogP contribution in [0.4, 0.5) is 0 Å². The third kappa shape index (κ3) is 7.32. The Morgan fingerprint density at radius 1 is 1.18 bits per heavy atom. The van der Waals surface area contributed by atoms with Crippen molar-refractivity contribution in [2.45, 2.75) is 45.8 Å². The van der Waals surface area contributed by atoms with E-state index in [1.165, 1.54) is 0 Å². The Morgan fingerprint density at radius 2 is 1.76 bits per heavy atom. The monoisotopic (exact) mass is 240 g/mol. The molecule has 0 aromatic heterocycles. The second-order valence-corrected chi connectivity index (χ2v) is 5.20. The van der Waals surface area contributed by atoms with Crippen molar-refractivity contribution in [2.75, 3.05) is 33.7 Å². The van der Waals surface area contributed by atoms with Crippen molar-refractivity contribution in [2.24, 2.45) is 0 Å². The Hall–Kier alpha value is -0.630. The van der Waals surface area contributed by atoms with Crippen molar-refractivity contribution in [1.29, 1.82) is 5.26 Å². The fourth-order valence-corrected chi connectivity index (χ4v) is 2.03. The topological polar surface area (TPSA) is 42.3 Å². The van der Waals surface area contributed by atoms with Gasteiger partial charge < -0.3 is 4.90 Å². The second kappa shape index (κ2) is 8.46. The molecule has 100 valence electrons. The zero-order valence-corrected chi connectivity index (χ0v) is 12.2. The van der Waals surface area contributed by atoms with Crippen LogP contribution in [0.25, 0.3) is 0 Å². The van der Waals surface area contributed by atoms with Crippen LogP contribution >= 0.6 is 0 Å². The van der Waals surface area contributed by atoms with Crippen LogP contribution < -0.4 is 5.32 Å². The average Bonchev–Trinajstić information content (AvgIpc) is 2.22. The van der Waals surface area contributed by atoms with Gasteiger partial charge in [0.2, 0.25) is 0 Å². The predicted molar refractivity (Wildman–Crippen MR) is 72.9 cm³/mol. The van der Waals surface area contributed by atoms with Crippen LogP contribution in [0.15, 0.2) is 0 Å². The molecular formula is C13H28N4. The minimum Gasteiger partial charge on any atom is -0.308 e. The lowest BCUT2D eigenvalue weighted by Crippen LogP contribution is -2.48. The third-order valence-corrected chi connectivity index (χ3v) is 2.77. The summed E-state index contributed by atoms with van der Waals surface area (Å²) in [6.07, 6.45) is 0. The van der Waals surface area contributed by atoms with Gasteiger partial charge in [-0.2, -0.15) is 5.26 Å². The molecule has 0 saturated heterocycles. The summed E-state index contributed by atoms with van der Waals surface area (Å²) < 4.78 is 0. The van der Waals surface area contributed by atoms with Gasteiger partial charge in [-0.15, -0.1) is 0 Å². The summed E-state index contributed by atoms with van der Waals surface area (Å²) in [6.45, 7) is 11.3. The van der Waals surface area contributed by atoms with Crippen molar-refractivity contribution < 1.29 is 0 Å². The minimum absolute atomic E-state index is 0.0837. The molecule has 0 amide bonds. The molecule has 4 nitrogen and oxygen atoms in total. The lowest BCUT2D eigenvalue weighted by atomic mass is 10.2. The second-order valence-electron chi connectivity index (χ2n) is 5.20. The van der Waals surface area contributed by atoms with Crippen LogP contribution in [0.1, 0.15) is 27.7 Å². The van der Waals surface area contributed by atoms with E-state index in [0.717, 1.165) is 19.6 Å². The molecule has 0 saturated carbocycles. The third-order valence-electron chi connectivity index (χ3n) is 2.77. The van der Waals surface area contributed by atoms with Crippen molar-refractivity contribution in [3.05, 3.63) is 0 Å². The standard InChI is InChI=1S/C13H28N4/c1-7-17(12(4)9-16(5)6)10-13(8-14)15-11(2)3/h11-13,15H,7,9-10H2,1-6H3. The Labute approximate surface area is 107 Å². The summed E-state index contributed by atoms with van der Waals surface area (Å²) in [5.41, 5.74) is 0. The zero-order valence-electron chi connectivity index (χ0n) is 12.2. The number of nitrogens with zero attached hydrogens (tertiary/aromatic N) is 3. The molecule has 0 rings (SSSR count). The fraction of sp³-hybridized carbons (Fsp3) is 0.923. The first-order chi connectivity index (χ1) is 7.90. The average molecular weight is 240 g/mol. The quantitative estimate of drug-likeness (QED) is 0.691. The van der Waals surface area contributed by atoms with Gasteiger partial charge in [0.1, 0.15) is 6.04 Å². The van der Waals surface area contributed by atoms with E-state index in [2.05, 4.69) is 63.0 Å². The predicted octanol–water partition coefficient (Wildman–Crippen LogP) is 1.15. The highest BCUT2D eigenvalue weighted by Crippen LogP contribution is 2.02. The Morgan fingerprint density at radius 3 is 2.12 bits per heavy atom. The van der Waals surface area contributed by atoms with Gasteiger partial charge in [-0.05, 0) is 41.4 Å². The number of hydrogen-bond donors (Lipinski definition) is 1. The molecule has 17 heavy (non-hydrogen) atoms. The SMILES string of the molecule is CCN(CC(C#N)NC(C)C)C(C)CN(C)C. The number of hydrogen-bond acceptors (Lipinski definition) is 4. The molecule has 0 heterocycles. The largest absolute Gasteiger partial charge is 0.308 e. The van der Waals surface area contributed by atoms with Crippen LogP contribution in [0.3, 0.4) is 0 Å². The Balaban J connectivity index is 4.31. The van der Waals surface area contributed by atoms with Crippen LogP contribution in [0, 0.1) is 11.3 Å². The zero-order chi connectivity index (χ0) is 13.4. The van der Waals surface area contributed by atoms with Crippen molar-refractivity contribution in [1.82, 2.24) is 15.1 Å². The lowest BCUT2D eigenvalue weighted by molar-refractivity contribution is 0.172. The van der Waals surface area contributed by atoms with E-state index in [1.807, 2.05) is 0 Å². The van der Waals surface area contributed by atoms with E-state index in [0.29, 0.717) is 12.1 Å². The molecule has 0 aliphatic rings. The number of nitrogens with one attached hydrogen (secondary N) is 1. The van der Waals surface area contributed by atoms with E-state index in [4.69, 9.17) is 5.26 Å². The summed E-state index contributed by atoms with van der Waals surface area (Å²) >= 11 is 0. The molecule has 0 bridgehead atoms. The first-order valence-corrected chi connectivity index (χ1v) is 6.45. The van der Waals surface area contributed by atoms with Gasteiger partial charge in [0, 0.05) is 25.2 Å².